The topological polar surface area (TPSA) is 67.6 Å². The molecule has 1 amide bonds. The number of benzene rings is 1. The average Bonchev–Trinajstić information content (AvgIpc) is 2.91. The van der Waals surface area contributed by atoms with E-state index < -0.39 is 0 Å². The Balaban J connectivity index is 1.99. The SMILES string of the molecule is Cc1cc(Cl)ccc1OCC(=O)N(CCO)Cc1cncn1C. The van der Waals surface area contributed by atoms with Gasteiger partial charge in [-0.05, 0) is 30.7 Å². The first-order chi connectivity index (χ1) is 11.0. The summed E-state index contributed by atoms with van der Waals surface area (Å²) in [6, 6.07) is 5.24. The predicted molar refractivity (Wildman–Crippen MR) is 87.4 cm³/mol. The summed E-state index contributed by atoms with van der Waals surface area (Å²) in [6.45, 7) is 2.28. The molecule has 0 saturated carbocycles. The highest BCUT2D eigenvalue weighted by Crippen LogP contribution is 2.21. The third-order valence-corrected chi connectivity index (χ3v) is 3.72. The van der Waals surface area contributed by atoms with Gasteiger partial charge in [-0.25, -0.2) is 4.98 Å². The van der Waals surface area contributed by atoms with Crippen molar-refractivity contribution in [1.82, 2.24) is 14.5 Å². The molecule has 0 aliphatic heterocycles. The maximum absolute atomic E-state index is 12.4. The zero-order valence-electron chi connectivity index (χ0n) is 13.2. The molecule has 0 unspecified atom stereocenters. The Morgan fingerprint density at radius 1 is 1.48 bits per heavy atom. The normalized spacial score (nSPS) is 10.6. The number of aliphatic hydroxyl groups is 1. The van der Waals surface area contributed by atoms with Gasteiger partial charge in [0.2, 0.25) is 0 Å². The number of imidazole rings is 1. The lowest BCUT2D eigenvalue weighted by Gasteiger charge is -2.22. The smallest absolute Gasteiger partial charge is 0.260 e. The molecule has 2 aromatic rings. The summed E-state index contributed by atoms with van der Waals surface area (Å²) in [5.41, 5.74) is 1.75. The minimum atomic E-state index is -0.199. The first kappa shape index (κ1) is 17.3. The number of aliphatic hydroxyl groups excluding tert-OH is 1. The molecule has 0 saturated heterocycles. The Kier molecular flexibility index (Phi) is 6.01. The lowest BCUT2D eigenvalue weighted by molar-refractivity contribution is -0.134. The van der Waals surface area contributed by atoms with Gasteiger partial charge in [-0.3, -0.25) is 4.79 Å². The number of ether oxygens (including phenoxy) is 1. The van der Waals surface area contributed by atoms with Gasteiger partial charge in [0.1, 0.15) is 5.75 Å². The zero-order chi connectivity index (χ0) is 16.8. The summed E-state index contributed by atoms with van der Waals surface area (Å²) in [7, 11) is 1.86. The van der Waals surface area contributed by atoms with Crippen molar-refractivity contribution in [3.8, 4) is 5.75 Å². The van der Waals surface area contributed by atoms with E-state index in [2.05, 4.69) is 4.98 Å². The van der Waals surface area contributed by atoms with E-state index in [0.29, 0.717) is 17.3 Å². The second-order valence-electron chi connectivity index (χ2n) is 5.23. The molecule has 2 rings (SSSR count). The van der Waals surface area contributed by atoms with Crippen LogP contribution in [0.3, 0.4) is 0 Å². The van der Waals surface area contributed by atoms with Crippen molar-refractivity contribution in [2.24, 2.45) is 7.05 Å². The Bertz CT molecular complexity index is 672. The van der Waals surface area contributed by atoms with Gasteiger partial charge in [0.05, 0.1) is 25.2 Å². The van der Waals surface area contributed by atoms with Gasteiger partial charge in [-0.15, -0.1) is 0 Å². The minimum absolute atomic E-state index is 0.0969. The van der Waals surface area contributed by atoms with E-state index in [4.69, 9.17) is 16.3 Å². The van der Waals surface area contributed by atoms with Crippen LogP contribution < -0.4 is 4.74 Å². The van der Waals surface area contributed by atoms with Crippen LogP contribution in [-0.4, -0.2) is 45.2 Å². The van der Waals surface area contributed by atoms with Crippen LogP contribution >= 0.6 is 11.6 Å². The van der Waals surface area contributed by atoms with E-state index in [0.717, 1.165) is 11.3 Å². The molecular weight excluding hydrogens is 318 g/mol. The van der Waals surface area contributed by atoms with Crippen molar-refractivity contribution < 1.29 is 14.6 Å². The molecule has 0 radical (unpaired) electrons. The van der Waals surface area contributed by atoms with E-state index in [1.807, 2.05) is 18.5 Å². The molecule has 0 atom stereocenters. The van der Waals surface area contributed by atoms with Crippen molar-refractivity contribution in [3.05, 3.63) is 47.0 Å². The van der Waals surface area contributed by atoms with Crippen LogP contribution in [0.2, 0.25) is 5.02 Å². The third-order valence-electron chi connectivity index (χ3n) is 3.48. The number of amides is 1. The van der Waals surface area contributed by atoms with Crippen molar-refractivity contribution in [1.29, 1.82) is 0 Å². The molecule has 1 heterocycles. The molecule has 0 bridgehead atoms. The molecule has 0 spiro atoms. The number of nitrogens with zero attached hydrogens (tertiary/aromatic N) is 3. The quantitative estimate of drug-likeness (QED) is 0.836. The average molecular weight is 338 g/mol. The van der Waals surface area contributed by atoms with Gasteiger partial charge >= 0.3 is 0 Å². The lowest BCUT2D eigenvalue weighted by atomic mass is 10.2. The number of hydrogen-bond acceptors (Lipinski definition) is 4. The molecule has 6 nitrogen and oxygen atoms in total. The highest BCUT2D eigenvalue weighted by Gasteiger charge is 2.16. The molecule has 0 fully saturated rings. The van der Waals surface area contributed by atoms with Crippen LogP contribution in [0.1, 0.15) is 11.3 Å². The fourth-order valence-electron chi connectivity index (χ4n) is 2.15. The summed E-state index contributed by atoms with van der Waals surface area (Å²) < 4.78 is 7.41. The lowest BCUT2D eigenvalue weighted by Crippen LogP contribution is -2.37. The maximum Gasteiger partial charge on any atom is 0.260 e. The second-order valence-corrected chi connectivity index (χ2v) is 5.67. The Morgan fingerprint density at radius 2 is 2.26 bits per heavy atom. The predicted octanol–water partition coefficient (Wildman–Crippen LogP) is 1.78. The second kappa shape index (κ2) is 7.99. The van der Waals surface area contributed by atoms with E-state index in [-0.39, 0.29) is 25.7 Å². The minimum Gasteiger partial charge on any atom is -0.483 e. The van der Waals surface area contributed by atoms with Crippen LogP contribution in [0.4, 0.5) is 0 Å². The molecule has 0 aliphatic carbocycles. The molecular formula is C16H20ClN3O3. The van der Waals surface area contributed by atoms with Gasteiger partial charge in [-0.1, -0.05) is 11.6 Å². The number of carbonyl (C=O) groups is 1. The van der Waals surface area contributed by atoms with Crippen LogP contribution in [0, 0.1) is 6.92 Å². The van der Waals surface area contributed by atoms with E-state index in [1.165, 1.54) is 0 Å². The van der Waals surface area contributed by atoms with E-state index >= 15 is 0 Å². The number of aryl methyl sites for hydroxylation is 2. The van der Waals surface area contributed by atoms with Crippen molar-refractivity contribution in [2.45, 2.75) is 13.5 Å². The van der Waals surface area contributed by atoms with Crippen molar-refractivity contribution >= 4 is 17.5 Å². The number of rotatable bonds is 7. The number of hydrogen-bond donors (Lipinski definition) is 1. The largest absolute Gasteiger partial charge is 0.483 e. The molecule has 124 valence electrons. The van der Waals surface area contributed by atoms with Crippen LogP contribution in [-0.2, 0) is 18.4 Å². The number of carbonyl (C=O) groups excluding carboxylic acids is 1. The Labute approximate surface area is 140 Å². The fourth-order valence-corrected chi connectivity index (χ4v) is 2.38. The molecule has 1 aromatic carbocycles. The summed E-state index contributed by atoms with van der Waals surface area (Å²) in [4.78, 5) is 17.9. The van der Waals surface area contributed by atoms with Crippen LogP contribution in [0.25, 0.3) is 0 Å². The first-order valence-electron chi connectivity index (χ1n) is 7.24. The molecule has 1 aromatic heterocycles. The number of halogens is 1. The highest BCUT2D eigenvalue weighted by molar-refractivity contribution is 6.30. The van der Waals surface area contributed by atoms with Crippen LogP contribution in [0.15, 0.2) is 30.7 Å². The van der Waals surface area contributed by atoms with Gasteiger partial charge < -0.3 is 19.3 Å². The van der Waals surface area contributed by atoms with Crippen molar-refractivity contribution in [3.63, 3.8) is 0 Å². The van der Waals surface area contributed by atoms with Gasteiger partial charge in [-0.2, -0.15) is 0 Å². The van der Waals surface area contributed by atoms with Crippen LogP contribution in [0.5, 0.6) is 5.75 Å². The molecule has 0 aliphatic rings. The molecule has 23 heavy (non-hydrogen) atoms. The van der Waals surface area contributed by atoms with Gasteiger partial charge in [0, 0.05) is 24.8 Å². The summed E-state index contributed by atoms with van der Waals surface area (Å²) in [5.74, 6) is 0.418. The van der Waals surface area contributed by atoms with E-state index in [9.17, 15) is 9.90 Å². The van der Waals surface area contributed by atoms with Gasteiger partial charge in [0.25, 0.3) is 5.91 Å². The monoisotopic (exact) mass is 337 g/mol. The summed E-state index contributed by atoms with van der Waals surface area (Å²) in [6.07, 6.45) is 3.37. The zero-order valence-corrected chi connectivity index (χ0v) is 14.0. The number of aromatic nitrogens is 2. The van der Waals surface area contributed by atoms with Gasteiger partial charge in [0.15, 0.2) is 6.61 Å². The highest BCUT2D eigenvalue weighted by atomic mass is 35.5. The Hall–Kier alpha value is -2.05. The molecule has 7 heteroatoms. The fraction of sp³-hybridized carbons (Fsp3) is 0.375. The van der Waals surface area contributed by atoms with Crippen molar-refractivity contribution in [2.75, 3.05) is 19.8 Å². The summed E-state index contributed by atoms with van der Waals surface area (Å²) >= 11 is 5.90. The first-order valence-corrected chi connectivity index (χ1v) is 7.62. The van der Waals surface area contributed by atoms with E-state index in [1.54, 1.807) is 35.6 Å². The third kappa shape index (κ3) is 4.71. The Morgan fingerprint density at radius 3 is 2.87 bits per heavy atom. The molecule has 1 N–H and O–H groups in total. The maximum atomic E-state index is 12.4. The summed E-state index contributed by atoms with van der Waals surface area (Å²) in [5, 5.41) is 9.80. The standard InChI is InChI=1S/C16H20ClN3O3/c1-12-7-13(17)3-4-15(12)23-10-16(22)20(5-6-21)9-14-8-18-11-19(14)2/h3-4,7-8,11,21H,5-6,9-10H2,1-2H3.